The Morgan fingerprint density at radius 3 is 1.57 bits per heavy atom. The van der Waals surface area contributed by atoms with Gasteiger partial charge < -0.3 is 21.7 Å². The Morgan fingerprint density at radius 1 is 1.21 bits per heavy atom. The van der Waals surface area contributed by atoms with Crippen molar-refractivity contribution in [1.82, 2.24) is 0 Å². The Morgan fingerprint density at radius 2 is 1.57 bits per heavy atom. The van der Waals surface area contributed by atoms with Crippen LogP contribution in [0, 0.1) is 0 Å². The van der Waals surface area contributed by atoms with Crippen LogP contribution in [0.5, 0.6) is 0 Å². The molecule has 0 aromatic carbocycles. The molecule has 0 rings (SSSR count). The molecule has 0 aromatic rings. The van der Waals surface area contributed by atoms with Gasteiger partial charge in [0.05, 0.1) is 0 Å². The van der Waals surface area contributed by atoms with Gasteiger partial charge in [-0.15, -0.1) is 0 Å². The highest BCUT2D eigenvalue weighted by Crippen LogP contribution is 1.82. The lowest BCUT2D eigenvalue weighted by molar-refractivity contribution is -0.139. The normalized spacial score (nSPS) is 13.4. The summed E-state index contributed by atoms with van der Waals surface area (Å²) in [5.74, 6) is -1.74. The number of carboxylic acid groups (broad SMARTS) is 2. The molecule has 6 N–H and O–H groups in total. The first-order valence-corrected chi connectivity index (χ1v) is 4.57. The van der Waals surface area contributed by atoms with E-state index in [2.05, 4.69) is 12.6 Å². The number of nitrogens with two attached hydrogens (primary N) is 2. The molecule has 0 aliphatic carbocycles. The number of carbonyl (C=O) groups is 2. The molecule has 0 aromatic heterocycles. The molecule has 0 saturated heterocycles. The number of aliphatic carboxylic acids is 2. The largest absolute Gasteiger partial charge is 0.480 e. The van der Waals surface area contributed by atoms with Gasteiger partial charge in [0.2, 0.25) is 0 Å². The van der Waals surface area contributed by atoms with Crippen LogP contribution < -0.4 is 11.5 Å². The minimum absolute atomic E-state index is 0.190. The van der Waals surface area contributed by atoms with Crippen LogP contribution in [0.3, 0.4) is 0 Å². The quantitative estimate of drug-likeness (QED) is 0.395. The van der Waals surface area contributed by atoms with Crippen LogP contribution in [0.1, 0.15) is 13.3 Å². The van der Waals surface area contributed by atoms with Gasteiger partial charge in [-0.3, -0.25) is 9.59 Å². The average Bonchev–Trinajstić information content (AvgIpc) is 2.15. The van der Waals surface area contributed by atoms with E-state index in [0.29, 0.717) is 6.42 Å². The Balaban J connectivity index is 0. The predicted molar refractivity (Wildman–Crippen MR) is 55.4 cm³/mol. The van der Waals surface area contributed by atoms with Crippen LogP contribution in [0.15, 0.2) is 0 Å². The highest BCUT2D eigenvalue weighted by atomic mass is 32.1. The molecule has 14 heavy (non-hydrogen) atoms. The van der Waals surface area contributed by atoms with Gasteiger partial charge in [0.15, 0.2) is 0 Å². The Bertz CT molecular complexity index is 169. The number of rotatable bonds is 4. The molecule has 0 fully saturated rings. The van der Waals surface area contributed by atoms with E-state index >= 15 is 0 Å². The molecule has 0 spiro atoms. The summed E-state index contributed by atoms with van der Waals surface area (Å²) in [7, 11) is 0. The van der Waals surface area contributed by atoms with E-state index in [0.717, 1.165) is 0 Å². The minimum Gasteiger partial charge on any atom is -0.480 e. The zero-order valence-electron chi connectivity index (χ0n) is 7.88. The summed E-state index contributed by atoms with van der Waals surface area (Å²) < 4.78 is 0. The molecule has 84 valence electrons. The second-order valence-electron chi connectivity index (χ2n) is 2.48. The van der Waals surface area contributed by atoms with Gasteiger partial charge in [0.25, 0.3) is 0 Å². The fraction of sp³-hybridized carbons (Fsp3) is 0.714. The minimum atomic E-state index is -1.00. The third-order valence-corrected chi connectivity index (χ3v) is 1.66. The van der Waals surface area contributed by atoms with E-state index in [4.69, 9.17) is 21.7 Å². The lowest BCUT2D eigenvalue weighted by Gasteiger charge is -1.97. The highest BCUT2D eigenvalue weighted by Gasteiger charge is 2.06. The van der Waals surface area contributed by atoms with E-state index in [-0.39, 0.29) is 5.75 Å². The molecule has 7 heteroatoms. The van der Waals surface area contributed by atoms with Crippen LogP contribution in [0.25, 0.3) is 0 Å². The van der Waals surface area contributed by atoms with Crippen molar-refractivity contribution in [1.29, 1.82) is 0 Å². The third-order valence-electron chi connectivity index (χ3n) is 1.27. The molecule has 0 aliphatic rings. The molecule has 0 radical (unpaired) electrons. The van der Waals surface area contributed by atoms with Crippen molar-refractivity contribution in [3.05, 3.63) is 0 Å². The monoisotopic (exact) mass is 224 g/mol. The summed E-state index contributed by atoms with van der Waals surface area (Å²) in [5, 5.41) is 16.1. The van der Waals surface area contributed by atoms with E-state index in [1.165, 1.54) is 0 Å². The first-order valence-electron chi connectivity index (χ1n) is 3.94. The number of carboxylic acids is 2. The Labute approximate surface area is 87.7 Å². The van der Waals surface area contributed by atoms with Crippen LogP contribution in [-0.4, -0.2) is 40.0 Å². The standard InChI is InChI=1S/C4H9NO2.C3H7NO2S/c1-2-3(5)4(6)7;4-2(1-7)3(5)6/h3H,2,5H2,1H3,(H,6,7);2,7H,1,4H2,(H,5,6). The second kappa shape index (κ2) is 8.79. The molecule has 0 amide bonds. The zero-order valence-corrected chi connectivity index (χ0v) is 8.78. The predicted octanol–water partition coefficient (Wildman–Crippen LogP) is -0.864. The molecular formula is C7H16N2O4S. The van der Waals surface area contributed by atoms with Gasteiger partial charge in [-0.05, 0) is 6.42 Å². The number of hydrogen-bond acceptors (Lipinski definition) is 5. The molecule has 0 aliphatic heterocycles. The molecule has 2 atom stereocenters. The SMILES string of the molecule is CCC(N)C(=O)O.NC(CS)C(=O)O. The van der Waals surface area contributed by atoms with Crippen molar-refractivity contribution in [2.24, 2.45) is 11.5 Å². The van der Waals surface area contributed by atoms with Gasteiger partial charge in [-0.1, -0.05) is 6.92 Å². The number of hydrogen-bond donors (Lipinski definition) is 5. The summed E-state index contributed by atoms with van der Waals surface area (Å²) >= 11 is 3.65. The Hall–Kier alpha value is -0.790. The molecule has 6 nitrogen and oxygen atoms in total. The Kier molecular flexibility index (Phi) is 9.84. The highest BCUT2D eigenvalue weighted by molar-refractivity contribution is 7.80. The fourth-order valence-corrected chi connectivity index (χ4v) is 0.409. The summed E-state index contributed by atoms with van der Waals surface area (Å²) in [6.07, 6.45) is 0.495. The third kappa shape index (κ3) is 9.30. The maximum Gasteiger partial charge on any atom is 0.321 e. The van der Waals surface area contributed by atoms with E-state index in [1.54, 1.807) is 6.92 Å². The first-order chi connectivity index (χ1) is 6.36. The molecule has 2 unspecified atom stereocenters. The lowest BCUT2D eigenvalue weighted by Crippen LogP contribution is -2.31. The summed E-state index contributed by atoms with van der Waals surface area (Å²) in [4.78, 5) is 19.6. The van der Waals surface area contributed by atoms with Crippen LogP contribution in [0.4, 0.5) is 0 Å². The van der Waals surface area contributed by atoms with Crippen LogP contribution in [-0.2, 0) is 9.59 Å². The summed E-state index contributed by atoms with van der Waals surface area (Å²) in [5.41, 5.74) is 9.96. The van der Waals surface area contributed by atoms with Crippen LogP contribution >= 0.6 is 12.6 Å². The van der Waals surface area contributed by atoms with Gasteiger partial charge in [0.1, 0.15) is 12.1 Å². The number of thiol groups is 1. The fourth-order valence-electron chi connectivity index (χ4n) is 0.253. The molecule has 0 saturated carbocycles. The smallest absolute Gasteiger partial charge is 0.321 e. The lowest BCUT2D eigenvalue weighted by atomic mass is 10.2. The van der Waals surface area contributed by atoms with Crippen molar-refractivity contribution in [3.63, 3.8) is 0 Å². The van der Waals surface area contributed by atoms with E-state index in [1.807, 2.05) is 0 Å². The van der Waals surface area contributed by atoms with E-state index in [9.17, 15) is 9.59 Å². The van der Waals surface area contributed by atoms with Crippen LogP contribution in [0.2, 0.25) is 0 Å². The van der Waals surface area contributed by atoms with E-state index < -0.39 is 24.0 Å². The first kappa shape index (κ1) is 15.7. The van der Waals surface area contributed by atoms with Gasteiger partial charge >= 0.3 is 11.9 Å². The van der Waals surface area contributed by atoms with Gasteiger partial charge in [-0.25, -0.2) is 0 Å². The molecule has 0 bridgehead atoms. The van der Waals surface area contributed by atoms with Crippen molar-refractivity contribution in [2.45, 2.75) is 25.4 Å². The summed E-state index contributed by atoms with van der Waals surface area (Å²) in [6, 6.07) is -1.50. The topological polar surface area (TPSA) is 127 Å². The van der Waals surface area contributed by atoms with Gasteiger partial charge in [0, 0.05) is 5.75 Å². The molecular weight excluding hydrogens is 208 g/mol. The molecule has 0 heterocycles. The van der Waals surface area contributed by atoms with Crippen molar-refractivity contribution < 1.29 is 19.8 Å². The maximum atomic E-state index is 9.81. The van der Waals surface area contributed by atoms with Gasteiger partial charge in [-0.2, -0.15) is 12.6 Å². The zero-order chi connectivity index (χ0) is 11.7. The summed E-state index contributed by atoms with van der Waals surface area (Å²) in [6.45, 7) is 1.73. The maximum absolute atomic E-state index is 9.81. The second-order valence-corrected chi connectivity index (χ2v) is 2.85. The van der Waals surface area contributed by atoms with Crippen molar-refractivity contribution in [3.8, 4) is 0 Å². The average molecular weight is 224 g/mol. The van der Waals surface area contributed by atoms with Crippen molar-refractivity contribution >= 4 is 24.6 Å². The van der Waals surface area contributed by atoms with Crippen molar-refractivity contribution in [2.75, 3.05) is 5.75 Å².